The van der Waals surface area contributed by atoms with E-state index < -0.39 is 0 Å². The van der Waals surface area contributed by atoms with Crippen LogP contribution in [0.3, 0.4) is 0 Å². The van der Waals surface area contributed by atoms with Crippen LogP contribution in [0.4, 0.5) is 0 Å². The molecule has 0 fully saturated rings. The number of hydrogen-bond donors (Lipinski definition) is 0. The lowest BCUT2D eigenvalue weighted by Crippen LogP contribution is -2.12. The van der Waals surface area contributed by atoms with Crippen molar-refractivity contribution in [2.75, 3.05) is 13.7 Å². The van der Waals surface area contributed by atoms with Gasteiger partial charge < -0.3 is 9.47 Å². The van der Waals surface area contributed by atoms with Gasteiger partial charge in [-0.1, -0.05) is 54.1 Å². The van der Waals surface area contributed by atoms with Gasteiger partial charge in [-0.3, -0.25) is 0 Å². The molecule has 0 unspecified atom stereocenters. The summed E-state index contributed by atoms with van der Waals surface area (Å²) in [5, 5.41) is 0.713. The van der Waals surface area contributed by atoms with Gasteiger partial charge in [-0.15, -0.1) is 0 Å². The average molecular weight is 363 g/mol. The summed E-state index contributed by atoms with van der Waals surface area (Å²) in [5.41, 5.74) is 6.67. The highest BCUT2D eigenvalue weighted by Crippen LogP contribution is 2.43. The Morgan fingerprint density at radius 3 is 2.35 bits per heavy atom. The fraction of sp³-hybridized carbons (Fsp3) is 0.130. The Morgan fingerprint density at radius 1 is 0.923 bits per heavy atom. The van der Waals surface area contributed by atoms with E-state index in [2.05, 4.69) is 24.3 Å². The van der Waals surface area contributed by atoms with Crippen LogP contribution in [0.15, 0.2) is 66.7 Å². The van der Waals surface area contributed by atoms with Crippen LogP contribution in [0.2, 0.25) is 5.02 Å². The van der Waals surface area contributed by atoms with E-state index in [1.807, 2.05) is 49.4 Å². The lowest BCUT2D eigenvalue weighted by atomic mass is 9.87. The Morgan fingerprint density at radius 2 is 1.65 bits per heavy atom. The van der Waals surface area contributed by atoms with E-state index in [4.69, 9.17) is 21.1 Å². The van der Waals surface area contributed by atoms with Gasteiger partial charge in [0.25, 0.3) is 0 Å². The van der Waals surface area contributed by atoms with Crippen molar-refractivity contribution >= 4 is 22.7 Å². The molecular weight excluding hydrogens is 344 g/mol. The van der Waals surface area contributed by atoms with Crippen molar-refractivity contribution in [1.29, 1.82) is 0 Å². The van der Waals surface area contributed by atoms with Crippen molar-refractivity contribution < 1.29 is 9.47 Å². The van der Waals surface area contributed by atoms with E-state index in [9.17, 15) is 0 Å². The maximum Gasteiger partial charge on any atom is 0.130 e. The summed E-state index contributed by atoms with van der Waals surface area (Å²) in [7, 11) is 1.68. The highest BCUT2D eigenvalue weighted by Gasteiger charge is 2.24. The van der Waals surface area contributed by atoms with Gasteiger partial charge >= 0.3 is 0 Å². The van der Waals surface area contributed by atoms with E-state index in [1.54, 1.807) is 7.11 Å². The molecule has 0 radical (unpaired) electrons. The first-order chi connectivity index (χ1) is 12.7. The highest BCUT2D eigenvalue weighted by molar-refractivity contribution is 6.31. The van der Waals surface area contributed by atoms with Crippen molar-refractivity contribution in [3.63, 3.8) is 0 Å². The van der Waals surface area contributed by atoms with Crippen molar-refractivity contribution in [3.8, 4) is 11.5 Å². The Balaban J connectivity index is 1.99. The van der Waals surface area contributed by atoms with Crippen molar-refractivity contribution in [3.05, 3.63) is 94.0 Å². The third-order valence-electron chi connectivity index (χ3n) is 4.67. The number of hydrogen-bond acceptors (Lipinski definition) is 2. The number of methoxy groups -OCH3 is 1. The summed E-state index contributed by atoms with van der Waals surface area (Å²) < 4.78 is 11.4. The normalized spacial score (nSPS) is 13.2. The zero-order valence-corrected chi connectivity index (χ0v) is 15.5. The first-order valence-corrected chi connectivity index (χ1v) is 8.91. The zero-order valence-electron chi connectivity index (χ0n) is 14.8. The second-order valence-corrected chi connectivity index (χ2v) is 6.77. The topological polar surface area (TPSA) is 18.5 Å². The molecule has 26 heavy (non-hydrogen) atoms. The Kier molecular flexibility index (Phi) is 4.44. The van der Waals surface area contributed by atoms with Crippen LogP contribution in [-0.4, -0.2) is 13.7 Å². The van der Waals surface area contributed by atoms with Gasteiger partial charge in [0, 0.05) is 16.2 Å². The fourth-order valence-electron chi connectivity index (χ4n) is 3.44. The molecule has 0 N–H and O–H groups in total. The molecule has 0 amide bonds. The molecule has 0 saturated carbocycles. The van der Waals surface area contributed by atoms with E-state index in [-0.39, 0.29) is 0 Å². The molecule has 0 aliphatic carbocycles. The summed E-state index contributed by atoms with van der Waals surface area (Å²) in [6.07, 6.45) is 0. The number of fused-ring (bicyclic) bond motifs is 1. The molecule has 0 saturated heterocycles. The minimum Gasteiger partial charge on any atom is -0.497 e. The third kappa shape index (κ3) is 2.97. The number of benzene rings is 3. The van der Waals surface area contributed by atoms with Gasteiger partial charge in [0.1, 0.15) is 18.1 Å². The van der Waals surface area contributed by atoms with Crippen LogP contribution < -0.4 is 9.47 Å². The minimum atomic E-state index is 0.529. The maximum atomic E-state index is 6.38. The van der Waals surface area contributed by atoms with Gasteiger partial charge in [-0.25, -0.2) is 0 Å². The molecule has 1 aliphatic heterocycles. The van der Waals surface area contributed by atoms with Crippen LogP contribution in [-0.2, 0) is 0 Å². The lowest BCUT2D eigenvalue weighted by Gasteiger charge is -2.26. The molecule has 0 atom stereocenters. The summed E-state index contributed by atoms with van der Waals surface area (Å²) in [6, 6.07) is 22.4. The molecule has 3 aromatic carbocycles. The first kappa shape index (κ1) is 16.7. The summed E-state index contributed by atoms with van der Waals surface area (Å²) >= 11 is 6.38. The predicted molar refractivity (Wildman–Crippen MR) is 107 cm³/mol. The monoisotopic (exact) mass is 362 g/mol. The molecule has 0 spiro atoms. The van der Waals surface area contributed by atoms with Gasteiger partial charge in [-0.2, -0.15) is 0 Å². The summed E-state index contributed by atoms with van der Waals surface area (Å²) in [4.78, 5) is 0. The summed E-state index contributed by atoms with van der Waals surface area (Å²) in [6.45, 7) is 2.56. The molecule has 1 aliphatic rings. The van der Waals surface area contributed by atoms with Crippen molar-refractivity contribution in [2.45, 2.75) is 6.92 Å². The van der Waals surface area contributed by atoms with E-state index in [0.29, 0.717) is 11.6 Å². The Labute approximate surface area is 158 Å². The predicted octanol–water partition coefficient (Wildman–Crippen LogP) is 6.01. The van der Waals surface area contributed by atoms with E-state index in [1.165, 1.54) is 0 Å². The molecule has 1 heterocycles. The van der Waals surface area contributed by atoms with Gasteiger partial charge in [0.05, 0.1) is 7.11 Å². The van der Waals surface area contributed by atoms with Crippen LogP contribution in [0, 0.1) is 6.92 Å². The molecule has 2 nitrogen and oxygen atoms in total. The largest absolute Gasteiger partial charge is 0.497 e. The molecule has 3 aromatic rings. The van der Waals surface area contributed by atoms with E-state index in [0.717, 1.165) is 44.9 Å². The van der Waals surface area contributed by atoms with Crippen LogP contribution in [0.5, 0.6) is 11.5 Å². The Bertz CT molecular complexity index is 973. The molecular formula is C23H19ClO2. The van der Waals surface area contributed by atoms with Gasteiger partial charge in [-0.05, 0) is 53.5 Å². The lowest BCUT2D eigenvalue weighted by molar-refractivity contribution is 0.362. The number of rotatable bonds is 3. The number of halogens is 1. The quantitative estimate of drug-likeness (QED) is 0.568. The third-order valence-corrected chi connectivity index (χ3v) is 4.89. The van der Waals surface area contributed by atoms with Crippen LogP contribution >= 0.6 is 11.6 Å². The second-order valence-electron chi connectivity index (χ2n) is 6.34. The molecule has 4 rings (SSSR count). The fourth-order valence-corrected chi connectivity index (χ4v) is 3.71. The average Bonchev–Trinajstić information content (AvgIpc) is 2.68. The highest BCUT2D eigenvalue weighted by atomic mass is 35.5. The zero-order chi connectivity index (χ0) is 18.1. The molecule has 3 heteroatoms. The van der Waals surface area contributed by atoms with Gasteiger partial charge in [0.15, 0.2) is 0 Å². The smallest absolute Gasteiger partial charge is 0.130 e. The van der Waals surface area contributed by atoms with Gasteiger partial charge in [0.2, 0.25) is 0 Å². The van der Waals surface area contributed by atoms with E-state index >= 15 is 0 Å². The number of aryl methyl sites for hydroxylation is 1. The SMILES string of the molecule is COc1ccc(C2=C(c3ccccc3)COc3c(C)cc(Cl)cc32)cc1. The molecule has 0 bridgehead atoms. The van der Waals surface area contributed by atoms with Crippen molar-refractivity contribution in [1.82, 2.24) is 0 Å². The van der Waals surface area contributed by atoms with Crippen molar-refractivity contribution in [2.24, 2.45) is 0 Å². The minimum absolute atomic E-state index is 0.529. The van der Waals surface area contributed by atoms with Crippen LogP contribution in [0.25, 0.3) is 11.1 Å². The molecule has 130 valence electrons. The summed E-state index contributed by atoms with van der Waals surface area (Å²) in [5.74, 6) is 1.74. The van der Waals surface area contributed by atoms with Crippen LogP contribution in [0.1, 0.15) is 22.3 Å². The molecule has 0 aromatic heterocycles. The standard InChI is InChI=1S/C23H19ClO2/c1-15-12-18(24)13-20-22(17-8-10-19(25-2)11-9-17)21(14-26-23(15)20)16-6-4-3-5-7-16/h3-13H,14H2,1-2H3. The first-order valence-electron chi connectivity index (χ1n) is 8.53. The maximum absolute atomic E-state index is 6.38. The number of ether oxygens (including phenoxy) is 2. The second kappa shape index (κ2) is 6.89. The Hall–Kier alpha value is -2.71.